The van der Waals surface area contributed by atoms with Gasteiger partial charge in [-0.2, -0.15) is 0 Å². The number of aliphatic hydroxyl groups is 4. The molecule has 4 N–H and O–H groups in total. The number of benzene rings is 6. The Morgan fingerprint density at radius 1 is 0.385 bits per heavy atom. The molecule has 104 heavy (non-hydrogen) atoms. The minimum Gasteiger partial charge on any atom is -0.496 e. The van der Waals surface area contributed by atoms with Crippen molar-refractivity contribution in [3.63, 3.8) is 0 Å². The molecule has 3 saturated carbocycles. The zero-order chi connectivity index (χ0) is 72.5. The van der Waals surface area contributed by atoms with Crippen LogP contribution in [0.2, 0.25) is 0 Å². The van der Waals surface area contributed by atoms with Crippen molar-refractivity contribution < 1.29 is 68.3 Å². The normalized spacial score (nSPS) is 23.9. The molecule has 0 bridgehead atoms. The van der Waals surface area contributed by atoms with E-state index in [1.165, 1.54) is 21.1 Å². The number of amides is 9. The summed E-state index contributed by atoms with van der Waals surface area (Å²) in [5, 5.41) is 39.4. The molecule has 20 heteroatoms. The fraction of sp³-hybridized carbons (Fsp3) is 0.464. The van der Waals surface area contributed by atoms with E-state index in [1.54, 1.807) is 79.9 Å². The van der Waals surface area contributed by atoms with E-state index in [0.29, 0.717) is 112 Å². The Bertz CT molecular complexity index is 4030. The Labute approximate surface area is 609 Å². The predicted octanol–water partition coefficient (Wildman–Crippen LogP) is 11.3. The van der Waals surface area contributed by atoms with Crippen LogP contribution in [0, 0.1) is 35.5 Å². The molecule has 6 aliphatic heterocycles. The van der Waals surface area contributed by atoms with E-state index in [1.807, 2.05) is 57.2 Å². The number of rotatable bonds is 14. The van der Waals surface area contributed by atoms with Crippen LogP contribution >= 0.6 is 0 Å². The second kappa shape index (κ2) is 32.0. The van der Waals surface area contributed by atoms with Crippen LogP contribution in [0.25, 0.3) is 0 Å². The summed E-state index contributed by atoms with van der Waals surface area (Å²) in [6.07, 6.45) is 14.3. The first-order valence-electron chi connectivity index (χ1n) is 37.0. The summed E-state index contributed by atoms with van der Waals surface area (Å²) in [6, 6.07) is 32.5. The van der Waals surface area contributed by atoms with Gasteiger partial charge in [-0.25, -0.2) is 0 Å². The summed E-state index contributed by atoms with van der Waals surface area (Å²) >= 11 is 0. The highest BCUT2D eigenvalue weighted by Gasteiger charge is 2.47. The molecule has 0 aromatic heterocycles. The van der Waals surface area contributed by atoms with E-state index >= 15 is 0 Å². The largest absolute Gasteiger partial charge is 0.496 e. The second-order valence-corrected chi connectivity index (χ2v) is 29.6. The Kier molecular flexibility index (Phi) is 22.9. The highest BCUT2D eigenvalue weighted by molar-refractivity contribution is 6.23. The van der Waals surface area contributed by atoms with Gasteiger partial charge in [0.25, 0.3) is 35.4 Å². The van der Waals surface area contributed by atoms with E-state index in [-0.39, 0.29) is 130 Å². The zero-order valence-electron chi connectivity index (χ0n) is 59.4. The molecule has 15 rings (SSSR count). The number of methoxy groups -OCH3 is 1. The fourth-order valence-electron chi connectivity index (χ4n) is 18.0. The number of fused-ring (bicyclic) bond motifs is 6. The number of carbonyl (C=O) groups is 9. The lowest BCUT2D eigenvalue weighted by Gasteiger charge is -2.42. The number of hydrogen-bond donors (Lipinski definition) is 4. The van der Waals surface area contributed by atoms with Crippen LogP contribution < -0.4 is 4.74 Å². The molecule has 9 amide bonds. The average Bonchev–Trinajstić information content (AvgIpc) is 1.32. The standard InChI is InChI=1S/2C28H32N2O5.C27H30N2O4.CH4/c2*1-17-6-2-3-7-21(17)26(33)29-11-10-18-12-19(15-31)20(16-32)13-24(18)25(29)14-30-27(34)22-8-4-5-9-23(22)28(30)35;1-17-8-3-4-9-18(17)25(30)28-15-14-20-19(12-7-13-24(20)33-2)23(28)16-29-26(31)21-10-5-6-11-22(21)27(29)32;/h2*4-5,8-9,12-13,17,21,25,31-32H,2-3,6-7,10-11,14-16H2,1H3;5-7,10-13,17-18,23H,3-4,8-9,14-16H2,1-2H3;1H4/t17-,21+,25+;17-,21+,25-;17-,18+,23+;/m001./s1. The smallest absolute Gasteiger partial charge is 0.261 e. The first kappa shape index (κ1) is 74.5. The number of nitrogens with zero attached hydrogens (tertiary/aromatic N) is 6. The Balaban J connectivity index is 0.000000146. The molecule has 9 aliphatic rings. The van der Waals surface area contributed by atoms with E-state index in [4.69, 9.17) is 4.74 Å². The van der Waals surface area contributed by atoms with Crippen LogP contribution in [0.4, 0.5) is 0 Å². The van der Waals surface area contributed by atoms with Gasteiger partial charge in [0.2, 0.25) is 17.7 Å². The molecule has 0 radical (unpaired) electrons. The van der Waals surface area contributed by atoms with Crippen LogP contribution in [0.1, 0.15) is 241 Å². The van der Waals surface area contributed by atoms with Crippen molar-refractivity contribution in [2.45, 2.75) is 169 Å². The third-order valence-electron chi connectivity index (χ3n) is 23.9. The van der Waals surface area contributed by atoms with Crippen LogP contribution in [-0.4, -0.2) is 149 Å². The summed E-state index contributed by atoms with van der Waals surface area (Å²) < 4.78 is 5.60. The highest BCUT2D eigenvalue weighted by Crippen LogP contribution is 2.44. The topological polar surface area (TPSA) is 263 Å². The first-order chi connectivity index (χ1) is 49.9. The van der Waals surface area contributed by atoms with Crippen molar-refractivity contribution in [3.05, 3.63) is 204 Å². The fourth-order valence-corrected chi connectivity index (χ4v) is 18.0. The monoisotopic (exact) mass is 1410 g/mol. The van der Waals surface area contributed by atoms with Gasteiger partial charge in [-0.1, -0.05) is 140 Å². The van der Waals surface area contributed by atoms with Crippen molar-refractivity contribution in [1.82, 2.24) is 29.4 Å². The maximum atomic E-state index is 13.9. The van der Waals surface area contributed by atoms with E-state index in [2.05, 4.69) is 20.8 Å². The van der Waals surface area contributed by atoms with Crippen molar-refractivity contribution in [3.8, 4) is 5.75 Å². The highest BCUT2D eigenvalue weighted by atomic mass is 16.5. The third kappa shape index (κ3) is 14.1. The van der Waals surface area contributed by atoms with Crippen LogP contribution in [0.15, 0.2) is 115 Å². The second-order valence-electron chi connectivity index (χ2n) is 29.6. The molecule has 0 unspecified atom stereocenters. The van der Waals surface area contributed by atoms with E-state index in [9.17, 15) is 63.6 Å². The Morgan fingerprint density at radius 2 is 0.673 bits per heavy atom. The van der Waals surface area contributed by atoms with Gasteiger partial charge in [0, 0.05) is 43.0 Å². The molecule has 0 spiro atoms. The lowest BCUT2D eigenvalue weighted by atomic mass is 9.78. The van der Waals surface area contributed by atoms with Crippen LogP contribution in [-0.2, 0) is 60.1 Å². The van der Waals surface area contributed by atoms with E-state index in [0.717, 1.165) is 110 Å². The van der Waals surface area contributed by atoms with Gasteiger partial charge in [0.05, 0.1) is 105 Å². The lowest BCUT2D eigenvalue weighted by molar-refractivity contribution is -0.142. The minimum atomic E-state index is -0.499. The molecule has 3 aliphatic carbocycles. The maximum Gasteiger partial charge on any atom is 0.261 e. The number of hydrogen-bond acceptors (Lipinski definition) is 14. The van der Waals surface area contributed by atoms with Crippen molar-refractivity contribution in [1.29, 1.82) is 0 Å². The van der Waals surface area contributed by atoms with Gasteiger partial charge in [-0.15, -0.1) is 0 Å². The number of imide groups is 3. The number of ether oxygens (including phenoxy) is 1. The molecule has 548 valence electrons. The minimum absolute atomic E-state index is 0. The summed E-state index contributed by atoms with van der Waals surface area (Å²) in [5.41, 5.74) is 10.6. The number of aliphatic hydroxyl groups excluding tert-OH is 4. The SMILES string of the molecule is C.COc1cccc2c1CCN(C(=O)[C@H]1CCCC[C@H]1C)[C@H]2CN1C(=O)c2ccccc2C1=O.C[C@H]1CCCC[C@H]1C(=O)N1CCc2cc(CO)c(CO)cc2[C@@H]1CN1C(=O)c2ccccc2C1=O.C[C@H]1CCCC[C@H]1C(=O)N1CCc2cc(CO)c(CO)cc2[C@H]1CN1C(=O)c2ccccc2C1=O. The Morgan fingerprint density at radius 3 is 0.971 bits per heavy atom. The van der Waals surface area contributed by atoms with Gasteiger partial charge in [0.15, 0.2) is 0 Å². The lowest BCUT2D eigenvalue weighted by Crippen LogP contribution is -2.49. The molecule has 3 fully saturated rings. The van der Waals surface area contributed by atoms with Crippen LogP contribution in [0.5, 0.6) is 5.75 Å². The molecule has 20 nitrogen and oxygen atoms in total. The molecule has 6 aromatic carbocycles. The van der Waals surface area contributed by atoms with Gasteiger partial charge < -0.3 is 39.9 Å². The average molecular weight is 1420 g/mol. The van der Waals surface area contributed by atoms with Gasteiger partial charge in [-0.05, 0) is 168 Å². The quantitative estimate of drug-likeness (QED) is 0.0739. The summed E-state index contributed by atoms with van der Waals surface area (Å²) in [5.74, 6) is -0.0378. The molecule has 6 heterocycles. The van der Waals surface area contributed by atoms with Crippen molar-refractivity contribution >= 4 is 53.2 Å². The molecule has 6 aromatic rings. The van der Waals surface area contributed by atoms with Gasteiger partial charge in [0.1, 0.15) is 5.75 Å². The van der Waals surface area contributed by atoms with Gasteiger partial charge in [-0.3, -0.25) is 57.9 Å². The van der Waals surface area contributed by atoms with Crippen molar-refractivity contribution in [2.24, 2.45) is 35.5 Å². The third-order valence-corrected chi connectivity index (χ3v) is 23.9. The molecular weight excluding hydrogens is 1320 g/mol. The van der Waals surface area contributed by atoms with Crippen molar-refractivity contribution in [2.75, 3.05) is 46.4 Å². The summed E-state index contributed by atoms with van der Waals surface area (Å²) in [4.78, 5) is 130. The first-order valence-corrected chi connectivity index (χ1v) is 37.0. The zero-order valence-corrected chi connectivity index (χ0v) is 59.4. The summed E-state index contributed by atoms with van der Waals surface area (Å²) in [6.45, 7) is 7.41. The molecule has 0 saturated heterocycles. The molecule has 9 atom stereocenters. The maximum absolute atomic E-state index is 13.9. The summed E-state index contributed by atoms with van der Waals surface area (Å²) in [7, 11) is 1.65. The van der Waals surface area contributed by atoms with Gasteiger partial charge >= 0.3 is 0 Å². The molecular formula is C84H98N6O14. The Hall–Kier alpha value is -9.21. The van der Waals surface area contributed by atoms with Crippen LogP contribution in [0.3, 0.4) is 0 Å². The van der Waals surface area contributed by atoms with E-state index < -0.39 is 12.1 Å². The predicted molar refractivity (Wildman–Crippen MR) is 390 cm³/mol. The number of carbonyl (C=O) groups excluding carboxylic acids is 9.